The van der Waals surface area contributed by atoms with Crippen LogP contribution in [0.25, 0.3) is 22.4 Å². The van der Waals surface area contributed by atoms with E-state index in [2.05, 4.69) is 15.3 Å². The number of hydrogen-bond donors (Lipinski definition) is 2. The van der Waals surface area contributed by atoms with Crippen molar-refractivity contribution < 1.29 is 9.53 Å². The van der Waals surface area contributed by atoms with Gasteiger partial charge >= 0.3 is 0 Å². The Kier molecular flexibility index (Phi) is 5.00. The topological polar surface area (TPSA) is 67.0 Å². The van der Waals surface area contributed by atoms with E-state index in [0.29, 0.717) is 28.6 Å². The first-order valence-electron chi connectivity index (χ1n) is 8.93. The summed E-state index contributed by atoms with van der Waals surface area (Å²) in [5.41, 5.74) is 3.89. The lowest BCUT2D eigenvalue weighted by molar-refractivity contribution is 0.102. The highest BCUT2D eigenvalue weighted by atomic mass is 35.5. The Morgan fingerprint density at radius 3 is 2.75 bits per heavy atom. The predicted octanol–water partition coefficient (Wildman–Crippen LogP) is 5.53. The van der Waals surface area contributed by atoms with Crippen LogP contribution < -0.4 is 10.1 Å². The van der Waals surface area contributed by atoms with Gasteiger partial charge in [0.05, 0.1) is 22.7 Å². The number of para-hydroxylation sites is 2. The van der Waals surface area contributed by atoms with Gasteiger partial charge in [0.25, 0.3) is 5.91 Å². The van der Waals surface area contributed by atoms with E-state index >= 15 is 0 Å². The standard InChI is InChI=1S/C22H18ClN3O2/c1-2-28-20-11-10-15(13-17(20)23)22(27)24-16-7-5-6-14(12-16)21-25-18-8-3-4-9-19(18)26-21/h3-13H,2H2,1H3,(H,24,27)(H,25,26). The number of rotatable bonds is 5. The molecule has 28 heavy (non-hydrogen) atoms. The molecule has 0 radical (unpaired) electrons. The van der Waals surface area contributed by atoms with Crippen LogP contribution in [0.2, 0.25) is 5.02 Å². The first kappa shape index (κ1) is 18.1. The molecule has 2 N–H and O–H groups in total. The lowest BCUT2D eigenvalue weighted by atomic mass is 10.1. The van der Waals surface area contributed by atoms with E-state index < -0.39 is 0 Å². The number of carbonyl (C=O) groups excluding carboxylic acids is 1. The highest BCUT2D eigenvalue weighted by molar-refractivity contribution is 6.32. The molecule has 0 bridgehead atoms. The molecule has 0 unspecified atom stereocenters. The Bertz CT molecular complexity index is 1120. The third-order valence-corrected chi connectivity index (χ3v) is 4.57. The van der Waals surface area contributed by atoms with Crippen LogP contribution in [0.1, 0.15) is 17.3 Å². The van der Waals surface area contributed by atoms with Crippen molar-refractivity contribution in [3.8, 4) is 17.1 Å². The van der Waals surface area contributed by atoms with Crippen molar-refractivity contribution in [2.24, 2.45) is 0 Å². The van der Waals surface area contributed by atoms with Crippen LogP contribution in [0.3, 0.4) is 0 Å². The molecule has 0 aliphatic heterocycles. The first-order valence-corrected chi connectivity index (χ1v) is 9.30. The summed E-state index contributed by atoms with van der Waals surface area (Å²) in [5, 5.41) is 3.31. The van der Waals surface area contributed by atoms with Crippen LogP contribution in [0.15, 0.2) is 66.7 Å². The third-order valence-electron chi connectivity index (χ3n) is 4.28. The van der Waals surface area contributed by atoms with E-state index in [1.165, 1.54) is 0 Å². The molecule has 4 aromatic rings. The number of nitrogens with one attached hydrogen (secondary N) is 2. The maximum Gasteiger partial charge on any atom is 0.255 e. The van der Waals surface area contributed by atoms with Gasteiger partial charge in [-0.2, -0.15) is 0 Å². The van der Waals surface area contributed by atoms with E-state index in [4.69, 9.17) is 16.3 Å². The van der Waals surface area contributed by atoms with Gasteiger partial charge in [-0.3, -0.25) is 4.79 Å². The van der Waals surface area contributed by atoms with Gasteiger partial charge in [-0.05, 0) is 49.4 Å². The molecule has 4 rings (SSSR count). The fraction of sp³-hybridized carbons (Fsp3) is 0.0909. The van der Waals surface area contributed by atoms with Crippen LogP contribution in [-0.2, 0) is 0 Å². The summed E-state index contributed by atoms with van der Waals surface area (Å²) >= 11 is 6.18. The van der Waals surface area contributed by atoms with Crippen molar-refractivity contribution >= 4 is 34.2 Å². The third kappa shape index (κ3) is 3.70. The van der Waals surface area contributed by atoms with Crippen molar-refractivity contribution in [1.82, 2.24) is 9.97 Å². The molecule has 3 aromatic carbocycles. The molecule has 0 fully saturated rings. The van der Waals surface area contributed by atoms with Crippen molar-refractivity contribution in [3.63, 3.8) is 0 Å². The minimum absolute atomic E-state index is 0.244. The average Bonchev–Trinajstić information content (AvgIpc) is 3.14. The fourth-order valence-electron chi connectivity index (χ4n) is 2.95. The molecule has 6 heteroatoms. The van der Waals surface area contributed by atoms with Gasteiger partial charge in [-0.15, -0.1) is 0 Å². The minimum Gasteiger partial charge on any atom is -0.492 e. The Hall–Kier alpha value is -3.31. The van der Waals surface area contributed by atoms with Gasteiger partial charge in [0, 0.05) is 16.8 Å². The number of aromatic amines is 1. The number of aromatic nitrogens is 2. The van der Waals surface area contributed by atoms with Gasteiger partial charge in [0.1, 0.15) is 11.6 Å². The van der Waals surface area contributed by atoms with E-state index in [0.717, 1.165) is 22.4 Å². The number of halogens is 1. The van der Waals surface area contributed by atoms with Crippen molar-refractivity contribution in [3.05, 3.63) is 77.3 Å². The van der Waals surface area contributed by atoms with Crippen molar-refractivity contribution in [1.29, 1.82) is 0 Å². The summed E-state index contributed by atoms with van der Waals surface area (Å²) in [7, 11) is 0. The molecule has 1 heterocycles. The SMILES string of the molecule is CCOc1ccc(C(=O)Nc2cccc(-c3nc4ccccc4[nH]3)c2)cc1Cl. The fourth-order valence-corrected chi connectivity index (χ4v) is 3.19. The number of amides is 1. The highest BCUT2D eigenvalue weighted by Gasteiger charge is 2.11. The van der Waals surface area contributed by atoms with Gasteiger partial charge in [-0.25, -0.2) is 4.98 Å². The number of ether oxygens (including phenoxy) is 1. The average molecular weight is 392 g/mol. The van der Waals surface area contributed by atoms with Crippen molar-refractivity contribution in [2.45, 2.75) is 6.92 Å². The summed E-state index contributed by atoms with van der Waals surface area (Å²) in [6.07, 6.45) is 0. The lowest BCUT2D eigenvalue weighted by Gasteiger charge is -2.09. The molecule has 0 aliphatic rings. The molecule has 0 saturated carbocycles. The molecule has 0 spiro atoms. The minimum atomic E-state index is -0.244. The molecular formula is C22H18ClN3O2. The number of carbonyl (C=O) groups is 1. The molecule has 5 nitrogen and oxygen atoms in total. The number of anilines is 1. The highest BCUT2D eigenvalue weighted by Crippen LogP contribution is 2.27. The zero-order valence-electron chi connectivity index (χ0n) is 15.2. The van der Waals surface area contributed by atoms with E-state index in [1.54, 1.807) is 18.2 Å². The zero-order chi connectivity index (χ0) is 19.5. The molecule has 140 valence electrons. The normalized spacial score (nSPS) is 10.8. The quantitative estimate of drug-likeness (QED) is 0.469. The van der Waals surface area contributed by atoms with Gasteiger partial charge in [-0.1, -0.05) is 35.9 Å². The smallest absolute Gasteiger partial charge is 0.255 e. The lowest BCUT2D eigenvalue weighted by Crippen LogP contribution is -2.12. The van der Waals surface area contributed by atoms with Crippen molar-refractivity contribution in [2.75, 3.05) is 11.9 Å². The molecule has 1 aromatic heterocycles. The number of hydrogen-bond acceptors (Lipinski definition) is 3. The van der Waals surface area contributed by atoms with Gasteiger partial charge in [0.2, 0.25) is 0 Å². The van der Waals surface area contributed by atoms with Crippen LogP contribution in [0.4, 0.5) is 5.69 Å². The second kappa shape index (κ2) is 7.74. The Morgan fingerprint density at radius 1 is 1.11 bits per heavy atom. The molecule has 1 amide bonds. The van der Waals surface area contributed by atoms with E-state index in [-0.39, 0.29) is 5.91 Å². The van der Waals surface area contributed by atoms with Crippen LogP contribution in [0.5, 0.6) is 5.75 Å². The Labute approximate surface area is 167 Å². The molecule has 0 aliphatic carbocycles. The van der Waals surface area contributed by atoms with Crippen LogP contribution in [0, 0.1) is 0 Å². The van der Waals surface area contributed by atoms with E-state index in [1.807, 2.05) is 55.5 Å². The maximum absolute atomic E-state index is 12.6. The van der Waals surface area contributed by atoms with Crippen LogP contribution in [-0.4, -0.2) is 22.5 Å². The monoisotopic (exact) mass is 391 g/mol. The second-order valence-electron chi connectivity index (χ2n) is 6.22. The Balaban J connectivity index is 1.56. The molecule has 0 atom stereocenters. The summed E-state index contributed by atoms with van der Waals surface area (Å²) in [4.78, 5) is 20.5. The maximum atomic E-state index is 12.6. The summed E-state index contributed by atoms with van der Waals surface area (Å²) in [6, 6.07) is 20.4. The molecule has 0 saturated heterocycles. The van der Waals surface area contributed by atoms with Gasteiger partial charge < -0.3 is 15.0 Å². The Morgan fingerprint density at radius 2 is 1.96 bits per heavy atom. The number of imidazole rings is 1. The molecular weight excluding hydrogens is 374 g/mol. The number of nitrogens with zero attached hydrogens (tertiary/aromatic N) is 1. The summed E-state index contributed by atoms with van der Waals surface area (Å²) in [6.45, 7) is 2.39. The number of H-pyrrole nitrogens is 1. The largest absolute Gasteiger partial charge is 0.492 e. The first-order chi connectivity index (χ1) is 13.6. The van der Waals surface area contributed by atoms with Gasteiger partial charge in [0.15, 0.2) is 0 Å². The predicted molar refractivity (Wildman–Crippen MR) is 112 cm³/mol. The van der Waals surface area contributed by atoms with Crippen LogP contribution >= 0.6 is 11.6 Å². The number of fused-ring (bicyclic) bond motifs is 1. The summed E-state index contributed by atoms with van der Waals surface area (Å²) in [5.74, 6) is 1.07. The zero-order valence-corrected chi connectivity index (χ0v) is 16.0. The second-order valence-corrected chi connectivity index (χ2v) is 6.62. The van der Waals surface area contributed by atoms with E-state index in [9.17, 15) is 4.79 Å². The number of benzene rings is 3. The summed E-state index contributed by atoms with van der Waals surface area (Å²) < 4.78 is 5.41.